The van der Waals surface area contributed by atoms with Gasteiger partial charge >= 0.3 is 5.97 Å². The lowest BCUT2D eigenvalue weighted by molar-refractivity contribution is 0.0594. The summed E-state index contributed by atoms with van der Waals surface area (Å²) in [4.78, 5) is 15.6. The van der Waals surface area contributed by atoms with Crippen molar-refractivity contribution in [2.75, 3.05) is 7.11 Å². The van der Waals surface area contributed by atoms with Crippen LogP contribution in [0, 0.1) is 0 Å². The number of rotatable bonds is 2. The molecular formula is C13H8Cl3NO2. The van der Waals surface area contributed by atoms with Crippen molar-refractivity contribution in [2.45, 2.75) is 0 Å². The Labute approximate surface area is 125 Å². The molecule has 98 valence electrons. The second kappa shape index (κ2) is 5.78. The smallest absolute Gasteiger partial charge is 0.356 e. The average molecular weight is 317 g/mol. The highest BCUT2D eigenvalue weighted by Gasteiger charge is 2.14. The van der Waals surface area contributed by atoms with Crippen LogP contribution in [0.15, 0.2) is 30.3 Å². The fourth-order valence-corrected chi connectivity index (χ4v) is 2.24. The standard InChI is InChI=1S/C13H8Cl3NO2/c1-19-13(18)11-5-4-9(15)12(17-11)8-3-2-7(14)6-10(8)16/h2-6H,1H3. The van der Waals surface area contributed by atoms with Gasteiger partial charge in [-0.05, 0) is 30.3 Å². The topological polar surface area (TPSA) is 39.2 Å². The van der Waals surface area contributed by atoms with Gasteiger partial charge in [-0.1, -0.05) is 34.8 Å². The Morgan fingerprint density at radius 3 is 2.47 bits per heavy atom. The maximum atomic E-state index is 11.5. The van der Waals surface area contributed by atoms with Gasteiger partial charge in [-0.3, -0.25) is 0 Å². The number of aromatic nitrogens is 1. The molecule has 0 aliphatic heterocycles. The Morgan fingerprint density at radius 1 is 1.11 bits per heavy atom. The first-order valence-electron chi connectivity index (χ1n) is 5.23. The van der Waals surface area contributed by atoms with Crippen LogP contribution >= 0.6 is 34.8 Å². The molecule has 0 unspecified atom stereocenters. The van der Waals surface area contributed by atoms with Crippen LogP contribution in [0.3, 0.4) is 0 Å². The summed E-state index contributed by atoms with van der Waals surface area (Å²) in [7, 11) is 1.29. The van der Waals surface area contributed by atoms with Crippen LogP contribution < -0.4 is 0 Å². The summed E-state index contributed by atoms with van der Waals surface area (Å²) in [6, 6.07) is 8.01. The number of nitrogens with zero attached hydrogens (tertiary/aromatic N) is 1. The number of pyridine rings is 1. The van der Waals surface area contributed by atoms with Gasteiger partial charge in [0.2, 0.25) is 0 Å². The van der Waals surface area contributed by atoms with Gasteiger partial charge < -0.3 is 4.74 Å². The maximum Gasteiger partial charge on any atom is 0.356 e. The number of ether oxygens (including phenoxy) is 1. The van der Waals surface area contributed by atoms with Crippen LogP contribution in [0.4, 0.5) is 0 Å². The number of esters is 1. The lowest BCUT2D eigenvalue weighted by atomic mass is 10.1. The van der Waals surface area contributed by atoms with Crippen LogP contribution in [-0.4, -0.2) is 18.1 Å². The van der Waals surface area contributed by atoms with E-state index in [9.17, 15) is 4.79 Å². The minimum Gasteiger partial charge on any atom is -0.464 e. The van der Waals surface area contributed by atoms with Crippen LogP contribution in [0.2, 0.25) is 15.1 Å². The third-order valence-electron chi connectivity index (χ3n) is 2.43. The first-order chi connectivity index (χ1) is 9.02. The zero-order valence-corrected chi connectivity index (χ0v) is 12.1. The quantitative estimate of drug-likeness (QED) is 0.766. The molecule has 2 aromatic rings. The van der Waals surface area contributed by atoms with Gasteiger partial charge in [0, 0.05) is 10.6 Å². The minimum absolute atomic E-state index is 0.160. The van der Waals surface area contributed by atoms with E-state index in [1.54, 1.807) is 24.3 Å². The normalized spacial score (nSPS) is 10.3. The zero-order valence-electron chi connectivity index (χ0n) is 9.78. The molecule has 0 atom stereocenters. The first kappa shape index (κ1) is 14.1. The highest BCUT2D eigenvalue weighted by Crippen LogP contribution is 2.33. The van der Waals surface area contributed by atoms with Crippen LogP contribution in [0.1, 0.15) is 10.5 Å². The monoisotopic (exact) mass is 315 g/mol. The Bertz CT molecular complexity index is 644. The van der Waals surface area contributed by atoms with Crippen molar-refractivity contribution in [2.24, 2.45) is 0 Å². The predicted molar refractivity (Wildman–Crippen MR) is 76.0 cm³/mol. The molecule has 1 aromatic heterocycles. The molecule has 0 aliphatic carbocycles. The van der Waals surface area contributed by atoms with E-state index in [1.165, 1.54) is 13.2 Å². The fourth-order valence-electron chi connectivity index (χ4n) is 1.53. The number of methoxy groups -OCH3 is 1. The lowest BCUT2D eigenvalue weighted by Gasteiger charge is -2.08. The molecule has 19 heavy (non-hydrogen) atoms. The van der Waals surface area contributed by atoms with E-state index in [-0.39, 0.29) is 5.69 Å². The molecular weight excluding hydrogens is 309 g/mol. The molecule has 0 spiro atoms. The minimum atomic E-state index is -0.539. The van der Waals surface area contributed by atoms with Crippen molar-refractivity contribution in [3.8, 4) is 11.3 Å². The van der Waals surface area contributed by atoms with Crippen molar-refractivity contribution in [3.63, 3.8) is 0 Å². The van der Waals surface area contributed by atoms with Crippen LogP contribution in [-0.2, 0) is 4.74 Å². The molecule has 0 N–H and O–H groups in total. The molecule has 0 fully saturated rings. The first-order valence-corrected chi connectivity index (χ1v) is 6.36. The molecule has 0 saturated carbocycles. The molecule has 0 aliphatic rings. The summed E-state index contributed by atoms with van der Waals surface area (Å²) in [6.45, 7) is 0. The zero-order chi connectivity index (χ0) is 14.0. The number of benzene rings is 1. The SMILES string of the molecule is COC(=O)c1ccc(Cl)c(-c2ccc(Cl)cc2Cl)n1. The maximum absolute atomic E-state index is 11.5. The summed E-state index contributed by atoms with van der Waals surface area (Å²) in [5, 5.41) is 1.30. The molecule has 0 bridgehead atoms. The molecule has 1 heterocycles. The average Bonchev–Trinajstić information content (AvgIpc) is 2.39. The van der Waals surface area contributed by atoms with Gasteiger partial charge in [0.05, 0.1) is 22.8 Å². The highest BCUT2D eigenvalue weighted by molar-refractivity contribution is 6.38. The van der Waals surface area contributed by atoms with E-state index in [4.69, 9.17) is 34.8 Å². The Morgan fingerprint density at radius 2 is 1.84 bits per heavy atom. The van der Waals surface area contributed by atoms with Crippen LogP contribution in [0.5, 0.6) is 0 Å². The molecule has 2 rings (SSSR count). The number of hydrogen-bond acceptors (Lipinski definition) is 3. The van der Waals surface area contributed by atoms with E-state index >= 15 is 0 Å². The van der Waals surface area contributed by atoms with Crippen molar-refractivity contribution in [1.82, 2.24) is 4.98 Å². The van der Waals surface area contributed by atoms with Crippen molar-refractivity contribution in [1.29, 1.82) is 0 Å². The fraction of sp³-hybridized carbons (Fsp3) is 0.0769. The molecule has 6 heteroatoms. The van der Waals surface area contributed by atoms with E-state index < -0.39 is 5.97 Å². The van der Waals surface area contributed by atoms with Gasteiger partial charge in [-0.2, -0.15) is 0 Å². The van der Waals surface area contributed by atoms with Gasteiger partial charge in [0.25, 0.3) is 0 Å². The van der Waals surface area contributed by atoms with E-state index in [2.05, 4.69) is 9.72 Å². The highest BCUT2D eigenvalue weighted by atomic mass is 35.5. The number of hydrogen-bond donors (Lipinski definition) is 0. The predicted octanol–water partition coefficient (Wildman–Crippen LogP) is 4.50. The van der Waals surface area contributed by atoms with Crippen molar-refractivity contribution < 1.29 is 9.53 Å². The van der Waals surface area contributed by atoms with E-state index in [1.807, 2.05) is 0 Å². The molecule has 0 radical (unpaired) electrons. The summed E-state index contributed by atoms with van der Waals surface area (Å²) in [5.41, 5.74) is 1.17. The Kier molecular flexibility index (Phi) is 4.30. The van der Waals surface area contributed by atoms with Crippen LogP contribution in [0.25, 0.3) is 11.3 Å². The number of carbonyl (C=O) groups is 1. The molecule has 1 aromatic carbocycles. The summed E-state index contributed by atoms with van der Waals surface area (Å²) in [6.07, 6.45) is 0. The van der Waals surface area contributed by atoms with Gasteiger partial charge in [0.15, 0.2) is 0 Å². The number of carbonyl (C=O) groups excluding carboxylic acids is 1. The third-order valence-corrected chi connectivity index (χ3v) is 3.28. The summed E-state index contributed by atoms with van der Waals surface area (Å²) in [5.74, 6) is -0.539. The van der Waals surface area contributed by atoms with Crippen molar-refractivity contribution >= 4 is 40.8 Å². The largest absolute Gasteiger partial charge is 0.464 e. The molecule has 0 amide bonds. The second-order valence-corrected chi connectivity index (χ2v) is 4.89. The third kappa shape index (κ3) is 3.00. The lowest BCUT2D eigenvalue weighted by Crippen LogP contribution is -2.05. The van der Waals surface area contributed by atoms with Gasteiger partial charge in [0.1, 0.15) is 5.69 Å². The Hall–Kier alpha value is -1.29. The summed E-state index contributed by atoms with van der Waals surface area (Å²) >= 11 is 18.0. The van der Waals surface area contributed by atoms with Gasteiger partial charge in [-0.15, -0.1) is 0 Å². The Balaban J connectivity index is 2.57. The molecule has 3 nitrogen and oxygen atoms in total. The summed E-state index contributed by atoms with van der Waals surface area (Å²) < 4.78 is 4.62. The van der Waals surface area contributed by atoms with Crippen molar-refractivity contribution in [3.05, 3.63) is 51.1 Å². The van der Waals surface area contributed by atoms with E-state index in [0.29, 0.717) is 26.3 Å². The van der Waals surface area contributed by atoms with E-state index in [0.717, 1.165) is 0 Å². The van der Waals surface area contributed by atoms with Gasteiger partial charge in [-0.25, -0.2) is 9.78 Å². The second-order valence-electron chi connectivity index (χ2n) is 3.64. The molecule has 0 saturated heterocycles. The number of halogens is 3.